The van der Waals surface area contributed by atoms with Gasteiger partial charge in [-0.2, -0.15) is 0 Å². The average molecular weight is 287 g/mol. The Hall–Kier alpha value is -1.64. The van der Waals surface area contributed by atoms with Crippen molar-refractivity contribution in [3.05, 3.63) is 35.4 Å². The number of aryl methyl sites for hydroxylation is 1. The molecule has 1 fully saturated rings. The van der Waals surface area contributed by atoms with Gasteiger partial charge in [-0.05, 0) is 43.9 Å². The normalized spacial score (nSPS) is 19.1. The van der Waals surface area contributed by atoms with E-state index in [1.54, 1.807) is 6.92 Å². The monoisotopic (exact) mass is 287 g/mol. The fraction of sp³-hybridized carbons (Fsp3) is 0.556. The largest absolute Gasteiger partial charge is 0.335 e. The van der Waals surface area contributed by atoms with Gasteiger partial charge in [-0.15, -0.1) is 0 Å². The highest BCUT2D eigenvalue weighted by molar-refractivity contribution is 5.94. The summed E-state index contributed by atoms with van der Waals surface area (Å²) in [6, 6.07) is 7.94. The molecule has 1 aromatic rings. The van der Waals surface area contributed by atoms with Crippen LogP contribution in [0.4, 0.5) is 0 Å². The molecule has 1 aliphatic heterocycles. The number of amides is 1. The average Bonchev–Trinajstić information content (AvgIpc) is 2.71. The second kappa shape index (κ2) is 7.39. The Morgan fingerprint density at radius 3 is 2.48 bits per heavy atom. The first kappa shape index (κ1) is 15.7. The predicted octanol–water partition coefficient (Wildman–Crippen LogP) is 3.61. The lowest BCUT2D eigenvalue weighted by Gasteiger charge is -2.29. The maximum Gasteiger partial charge on any atom is 0.254 e. The zero-order chi connectivity index (χ0) is 15.2. The van der Waals surface area contributed by atoms with E-state index in [-0.39, 0.29) is 17.7 Å². The van der Waals surface area contributed by atoms with Gasteiger partial charge < -0.3 is 4.90 Å². The van der Waals surface area contributed by atoms with Crippen LogP contribution in [0.1, 0.15) is 61.9 Å². The van der Waals surface area contributed by atoms with Gasteiger partial charge in [0.05, 0.1) is 0 Å². The van der Waals surface area contributed by atoms with Gasteiger partial charge in [-0.3, -0.25) is 9.59 Å². The molecule has 0 saturated carbocycles. The molecule has 2 rings (SSSR count). The number of Topliss-reactive ketones (excluding diaryl/α,β-unsaturated/α-hetero) is 1. The molecule has 1 atom stereocenters. The Labute approximate surface area is 127 Å². The van der Waals surface area contributed by atoms with E-state index in [1.807, 2.05) is 29.2 Å². The Balaban J connectivity index is 2.17. The van der Waals surface area contributed by atoms with E-state index < -0.39 is 0 Å². The highest BCUT2D eigenvalue weighted by atomic mass is 16.2. The maximum atomic E-state index is 12.8. The second-order valence-electron chi connectivity index (χ2n) is 5.96. The van der Waals surface area contributed by atoms with E-state index >= 15 is 0 Å². The van der Waals surface area contributed by atoms with Crippen molar-refractivity contribution in [1.82, 2.24) is 4.90 Å². The number of likely N-dealkylation sites (tertiary alicyclic amines) is 1. The van der Waals surface area contributed by atoms with Crippen LogP contribution in [-0.2, 0) is 11.2 Å². The summed E-state index contributed by atoms with van der Waals surface area (Å²) >= 11 is 0. The number of benzene rings is 1. The molecule has 0 bridgehead atoms. The van der Waals surface area contributed by atoms with Crippen LogP contribution in [0.5, 0.6) is 0 Å². The van der Waals surface area contributed by atoms with E-state index in [0.29, 0.717) is 6.42 Å². The number of carbonyl (C=O) groups is 2. The van der Waals surface area contributed by atoms with Crippen LogP contribution in [0.25, 0.3) is 0 Å². The molecule has 1 aromatic carbocycles. The smallest absolute Gasteiger partial charge is 0.254 e. The molecule has 0 aliphatic carbocycles. The fourth-order valence-electron chi connectivity index (χ4n) is 3.04. The zero-order valence-corrected chi connectivity index (χ0v) is 13.1. The Morgan fingerprint density at radius 2 is 1.86 bits per heavy atom. The molecule has 1 heterocycles. The fourth-order valence-corrected chi connectivity index (χ4v) is 3.04. The van der Waals surface area contributed by atoms with Crippen molar-refractivity contribution in [2.45, 2.75) is 58.4 Å². The molecule has 0 spiro atoms. The van der Waals surface area contributed by atoms with Gasteiger partial charge >= 0.3 is 0 Å². The molecule has 0 aromatic heterocycles. The molecule has 1 saturated heterocycles. The van der Waals surface area contributed by atoms with Gasteiger partial charge in [-0.25, -0.2) is 0 Å². The van der Waals surface area contributed by atoms with Crippen LogP contribution in [0.3, 0.4) is 0 Å². The first-order chi connectivity index (χ1) is 10.1. The highest BCUT2D eigenvalue weighted by Gasteiger charge is 2.27. The SMILES string of the molecule is CCc1ccc(C(=O)N2CCCCCC2CC(C)=O)cc1. The van der Waals surface area contributed by atoms with Crippen LogP contribution in [0.2, 0.25) is 0 Å². The maximum absolute atomic E-state index is 12.8. The quantitative estimate of drug-likeness (QED) is 0.848. The number of hydrogen-bond donors (Lipinski definition) is 0. The minimum Gasteiger partial charge on any atom is -0.335 e. The minimum absolute atomic E-state index is 0.0725. The van der Waals surface area contributed by atoms with E-state index in [9.17, 15) is 9.59 Å². The number of carbonyl (C=O) groups excluding carboxylic acids is 2. The summed E-state index contributed by atoms with van der Waals surface area (Å²) in [6.07, 6.45) is 5.69. The lowest BCUT2D eigenvalue weighted by atomic mass is 10.0. The third kappa shape index (κ3) is 4.16. The molecule has 1 amide bonds. The molecule has 1 unspecified atom stereocenters. The van der Waals surface area contributed by atoms with Crippen molar-refractivity contribution in [2.75, 3.05) is 6.54 Å². The number of ketones is 1. The Bertz CT molecular complexity index is 492. The van der Waals surface area contributed by atoms with Gasteiger partial charge in [0.25, 0.3) is 5.91 Å². The van der Waals surface area contributed by atoms with E-state index in [0.717, 1.165) is 44.2 Å². The summed E-state index contributed by atoms with van der Waals surface area (Å²) in [4.78, 5) is 26.2. The van der Waals surface area contributed by atoms with Crippen molar-refractivity contribution in [1.29, 1.82) is 0 Å². The minimum atomic E-state index is 0.0725. The van der Waals surface area contributed by atoms with Gasteiger partial charge in [0, 0.05) is 24.6 Å². The topological polar surface area (TPSA) is 37.4 Å². The van der Waals surface area contributed by atoms with Crippen LogP contribution >= 0.6 is 0 Å². The molecule has 0 N–H and O–H groups in total. The van der Waals surface area contributed by atoms with E-state index in [2.05, 4.69) is 6.92 Å². The lowest BCUT2D eigenvalue weighted by Crippen LogP contribution is -2.41. The molecule has 0 radical (unpaired) electrons. The summed E-state index contributed by atoms with van der Waals surface area (Å²) in [5.41, 5.74) is 1.98. The summed E-state index contributed by atoms with van der Waals surface area (Å²) in [7, 11) is 0. The molecule has 3 heteroatoms. The second-order valence-corrected chi connectivity index (χ2v) is 5.96. The standard InChI is InChI=1S/C18H25NO2/c1-3-15-8-10-16(11-9-15)18(21)19-12-6-4-5-7-17(19)13-14(2)20/h8-11,17H,3-7,12-13H2,1-2H3. The first-order valence-corrected chi connectivity index (χ1v) is 8.01. The van der Waals surface area contributed by atoms with E-state index in [1.165, 1.54) is 5.56 Å². The summed E-state index contributed by atoms with van der Waals surface area (Å²) in [5, 5.41) is 0. The van der Waals surface area contributed by atoms with Gasteiger partial charge in [-0.1, -0.05) is 31.9 Å². The van der Waals surface area contributed by atoms with Crippen LogP contribution in [-0.4, -0.2) is 29.2 Å². The van der Waals surface area contributed by atoms with Gasteiger partial charge in [0.1, 0.15) is 5.78 Å². The van der Waals surface area contributed by atoms with Crippen LogP contribution < -0.4 is 0 Å². The predicted molar refractivity (Wildman–Crippen MR) is 84.4 cm³/mol. The lowest BCUT2D eigenvalue weighted by molar-refractivity contribution is -0.118. The van der Waals surface area contributed by atoms with Crippen molar-refractivity contribution < 1.29 is 9.59 Å². The Kier molecular flexibility index (Phi) is 5.54. The van der Waals surface area contributed by atoms with Crippen molar-refractivity contribution in [3.63, 3.8) is 0 Å². The third-order valence-electron chi connectivity index (χ3n) is 4.27. The zero-order valence-electron chi connectivity index (χ0n) is 13.1. The van der Waals surface area contributed by atoms with Crippen molar-refractivity contribution in [3.8, 4) is 0 Å². The van der Waals surface area contributed by atoms with Crippen molar-refractivity contribution in [2.24, 2.45) is 0 Å². The summed E-state index contributed by atoms with van der Waals surface area (Å²) in [6.45, 7) is 4.49. The highest BCUT2D eigenvalue weighted by Crippen LogP contribution is 2.22. The van der Waals surface area contributed by atoms with E-state index in [4.69, 9.17) is 0 Å². The summed E-state index contributed by atoms with van der Waals surface area (Å²) < 4.78 is 0. The molecular weight excluding hydrogens is 262 g/mol. The van der Waals surface area contributed by atoms with Gasteiger partial charge in [0.15, 0.2) is 0 Å². The molecule has 21 heavy (non-hydrogen) atoms. The molecule has 3 nitrogen and oxygen atoms in total. The molecular formula is C18H25NO2. The Morgan fingerprint density at radius 1 is 1.14 bits per heavy atom. The van der Waals surface area contributed by atoms with Gasteiger partial charge in [0.2, 0.25) is 0 Å². The van der Waals surface area contributed by atoms with Crippen LogP contribution in [0.15, 0.2) is 24.3 Å². The number of hydrogen-bond acceptors (Lipinski definition) is 2. The third-order valence-corrected chi connectivity index (χ3v) is 4.27. The summed E-state index contributed by atoms with van der Waals surface area (Å²) in [5.74, 6) is 0.242. The molecule has 1 aliphatic rings. The number of rotatable bonds is 4. The van der Waals surface area contributed by atoms with Crippen LogP contribution in [0, 0.1) is 0 Å². The van der Waals surface area contributed by atoms with Crippen molar-refractivity contribution >= 4 is 11.7 Å². The first-order valence-electron chi connectivity index (χ1n) is 8.01. The molecule has 114 valence electrons. The number of nitrogens with zero attached hydrogens (tertiary/aromatic N) is 1.